The van der Waals surface area contributed by atoms with Gasteiger partial charge in [0.15, 0.2) is 0 Å². The van der Waals surface area contributed by atoms with Crippen molar-refractivity contribution in [1.29, 1.82) is 0 Å². The fourth-order valence-electron chi connectivity index (χ4n) is 3.92. The van der Waals surface area contributed by atoms with E-state index in [4.69, 9.17) is 14.6 Å². The van der Waals surface area contributed by atoms with Gasteiger partial charge < -0.3 is 14.6 Å². The summed E-state index contributed by atoms with van der Waals surface area (Å²) in [5.41, 5.74) is 4.45. The van der Waals surface area contributed by atoms with Gasteiger partial charge in [0.05, 0.1) is 13.0 Å². The van der Waals surface area contributed by atoms with Gasteiger partial charge in [0.2, 0.25) is 0 Å². The van der Waals surface area contributed by atoms with Gasteiger partial charge in [0, 0.05) is 28.5 Å². The largest absolute Gasteiger partial charge is 0.496 e. The monoisotopic (exact) mass is 591 g/mol. The minimum atomic E-state index is -2.35. The molecule has 1 heterocycles. The van der Waals surface area contributed by atoms with Gasteiger partial charge in [-0.2, -0.15) is 0 Å². The number of carboxylic acids is 1. The maximum Gasteiger partial charge on any atom is 0.354 e. The van der Waals surface area contributed by atoms with E-state index in [0.29, 0.717) is 16.0 Å². The van der Waals surface area contributed by atoms with Crippen molar-refractivity contribution in [1.82, 2.24) is 4.98 Å². The Hall–Kier alpha value is -4.09. The first-order valence-corrected chi connectivity index (χ1v) is 15.7. The molecule has 0 fully saturated rings. The Morgan fingerprint density at radius 2 is 1.71 bits per heavy atom. The molecule has 224 valence electrons. The average Bonchev–Trinajstić information content (AvgIpc) is 2.92. The molecule has 0 bridgehead atoms. The number of carbonyl (C=O) groups excluding carboxylic acids is 1. The van der Waals surface area contributed by atoms with Crippen LogP contribution in [0.1, 0.15) is 72.4 Å². The molecule has 7 nitrogen and oxygen atoms in total. The predicted octanol–water partition coefficient (Wildman–Crippen LogP) is 6.11. The molecule has 0 saturated carbocycles. The zero-order chi connectivity index (χ0) is 31.7. The predicted molar refractivity (Wildman–Crippen MR) is 169 cm³/mol. The molecule has 0 radical (unpaired) electrons. The summed E-state index contributed by atoms with van der Waals surface area (Å²) in [5, 5.41) is 8.77. The molecule has 0 aliphatic rings. The zero-order valence-electron chi connectivity index (χ0n) is 25.7. The number of methoxy groups -OCH3 is 1. The van der Waals surface area contributed by atoms with Crippen LogP contribution in [0.4, 0.5) is 0 Å². The second kappa shape index (κ2) is 14.7. The number of benzene rings is 2. The number of aryl methyl sites for hydroxylation is 1. The van der Waals surface area contributed by atoms with E-state index in [0.717, 1.165) is 18.6 Å². The third-order valence-electron chi connectivity index (χ3n) is 6.40. The molecule has 0 spiro atoms. The number of aromatic carboxylic acids is 1. The highest BCUT2D eigenvalue weighted by atomic mass is 32.2. The molecule has 2 aromatic carbocycles. The Kier molecular flexibility index (Phi) is 11.9. The van der Waals surface area contributed by atoms with Gasteiger partial charge in [-0.25, -0.2) is 9.78 Å². The molecule has 2 unspecified atom stereocenters. The van der Waals surface area contributed by atoms with E-state index in [2.05, 4.69) is 42.6 Å². The first kappa shape index (κ1) is 34.1. The number of carbonyl (C=O) groups is 2. The van der Waals surface area contributed by atoms with Crippen LogP contribution in [0.3, 0.4) is 0 Å². The van der Waals surface area contributed by atoms with E-state index in [9.17, 15) is 13.8 Å². The summed E-state index contributed by atoms with van der Waals surface area (Å²) in [6.45, 7) is 11.8. The van der Waals surface area contributed by atoms with E-state index < -0.39 is 21.1 Å². The summed E-state index contributed by atoms with van der Waals surface area (Å²) in [6, 6.07) is 14.2. The van der Waals surface area contributed by atoms with Crippen LogP contribution in [0.25, 0.3) is 0 Å². The van der Waals surface area contributed by atoms with E-state index in [1.165, 1.54) is 29.0 Å². The van der Waals surface area contributed by atoms with Crippen molar-refractivity contribution in [2.45, 2.75) is 64.9 Å². The summed E-state index contributed by atoms with van der Waals surface area (Å²) in [6.07, 6.45) is 4.63. The molecular formula is C34H41NO6S. The summed E-state index contributed by atoms with van der Waals surface area (Å²) in [5.74, 6) is 9.10. The zero-order valence-corrected chi connectivity index (χ0v) is 26.6. The van der Waals surface area contributed by atoms with Gasteiger partial charge in [0.1, 0.15) is 17.0 Å². The third kappa shape index (κ3) is 10.4. The maximum absolute atomic E-state index is 12.1. The first-order valence-electron chi connectivity index (χ1n) is 13.5. The molecule has 1 N–H and O–H groups in total. The highest BCUT2D eigenvalue weighted by Gasteiger charge is 2.21. The second-order valence-corrected chi connectivity index (χ2v) is 13.6. The molecule has 42 heavy (non-hydrogen) atoms. The first-order chi connectivity index (χ1) is 19.5. The number of carboxylic acid groups (broad SMARTS) is 1. The lowest BCUT2D eigenvalue weighted by Gasteiger charge is -2.22. The minimum absolute atomic E-state index is 0.0321. The van der Waals surface area contributed by atoms with Crippen LogP contribution >= 0.6 is 0 Å². The highest BCUT2D eigenvalue weighted by Crippen LogP contribution is 2.26. The van der Waals surface area contributed by atoms with Crippen molar-refractivity contribution in [3.05, 3.63) is 88.2 Å². The normalized spacial score (nSPS) is 12.9. The van der Waals surface area contributed by atoms with Crippen LogP contribution in [-0.4, -0.2) is 51.1 Å². The maximum atomic E-state index is 12.1. The second-order valence-electron chi connectivity index (χ2n) is 11.1. The number of aromatic nitrogens is 1. The number of pyridine rings is 1. The van der Waals surface area contributed by atoms with Crippen molar-refractivity contribution >= 4 is 27.3 Å². The van der Waals surface area contributed by atoms with Gasteiger partial charge in [0.25, 0.3) is 0 Å². The molecule has 1 aromatic heterocycles. The molecule has 8 heteroatoms. The smallest absolute Gasteiger partial charge is 0.354 e. The number of esters is 1. The molecule has 2 atom stereocenters. The summed E-state index contributed by atoms with van der Waals surface area (Å²) < 4.78 is 22.8. The summed E-state index contributed by atoms with van der Waals surface area (Å²) in [7, 11) is -0.665. The van der Waals surface area contributed by atoms with Gasteiger partial charge in [-0.15, -0.1) is 0 Å². The van der Waals surface area contributed by atoms with Gasteiger partial charge in [-0.3, -0.25) is 9.00 Å². The van der Waals surface area contributed by atoms with Gasteiger partial charge in [-0.05, 0) is 110 Å². The van der Waals surface area contributed by atoms with Gasteiger partial charge in [-0.1, -0.05) is 37.0 Å². The summed E-state index contributed by atoms with van der Waals surface area (Å²) >= 11 is 0. The SMILES string of the molecule is C=S(C)(=O)c1ccccc1C#Cc1ccc(C(=O)O)nc1.COc1ccc(CCC(C)C(=O)OC(C)(C)C)c(C)c1C. The molecule has 0 aliphatic carbocycles. The van der Waals surface area contributed by atoms with E-state index in [-0.39, 0.29) is 17.6 Å². The van der Waals surface area contributed by atoms with Crippen molar-refractivity contribution in [2.24, 2.45) is 5.92 Å². The third-order valence-corrected chi connectivity index (χ3v) is 7.69. The van der Waals surface area contributed by atoms with Gasteiger partial charge >= 0.3 is 11.9 Å². The van der Waals surface area contributed by atoms with Crippen LogP contribution in [0, 0.1) is 31.6 Å². The molecule has 3 rings (SSSR count). The Balaban J connectivity index is 0.000000293. The van der Waals surface area contributed by atoms with E-state index >= 15 is 0 Å². The lowest BCUT2D eigenvalue weighted by atomic mass is 9.95. The topological polar surface area (TPSA) is 103 Å². The van der Waals surface area contributed by atoms with Crippen LogP contribution in [0.5, 0.6) is 5.75 Å². The lowest BCUT2D eigenvalue weighted by molar-refractivity contribution is -0.159. The standard InChI is InChI=1S/C18H28O3.C16H13NO3S/c1-12(17(19)21-18(4,5)6)8-9-15-10-11-16(20-7)14(3)13(15)2;1-21(2,20)15-6-4-3-5-13(15)9-7-12-8-10-14(16(18)19)17-11-12/h10-12H,8-9H2,1-7H3;3-6,8,10-11H,1H2,2H3,(H,18,19). The Morgan fingerprint density at radius 1 is 1.05 bits per heavy atom. The Morgan fingerprint density at radius 3 is 2.26 bits per heavy atom. The summed E-state index contributed by atoms with van der Waals surface area (Å²) in [4.78, 5) is 27.1. The molecule has 0 amide bonds. The lowest BCUT2D eigenvalue weighted by Crippen LogP contribution is -2.27. The highest BCUT2D eigenvalue weighted by molar-refractivity contribution is 7.99. The molecule has 3 aromatic rings. The number of hydrogen-bond donors (Lipinski definition) is 1. The number of rotatable bonds is 7. The fraction of sp³-hybridized carbons (Fsp3) is 0.353. The van der Waals surface area contributed by atoms with Crippen LogP contribution in [0.15, 0.2) is 59.6 Å². The minimum Gasteiger partial charge on any atom is -0.496 e. The van der Waals surface area contributed by atoms with Crippen LogP contribution in [0.2, 0.25) is 0 Å². The van der Waals surface area contributed by atoms with Crippen LogP contribution < -0.4 is 4.74 Å². The van der Waals surface area contributed by atoms with E-state index in [1.54, 1.807) is 37.6 Å². The van der Waals surface area contributed by atoms with Crippen molar-refractivity contribution in [2.75, 3.05) is 13.4 Å². The molecular weight excluding hydrogens is 550 g/mol. The number of ether oxygens (including phenoxy) is 2. The number of nitrogens with zero attached hydrogens (tertiary/aromatic N) is 1. The van der Waals surface area contributed by atoms with Crippen molar-refractivity contribution in [3.63, 3.8) is 0 Å². The van der Waals surface area contributed by atoms with E-state index in [1.807, 2.05) is 39.8 Å². The Labute approximate surface area is 250 Å². The van der Waals surface area contributed by atoms with Crippen molar-refractivity contribution in [3.8, 4) is 17.6 Å². The Bertz CT molecular complexity index is 1570. The average molecular weight is 592 g/mol. The fourth-order valence-corrected chi connectivity index (χ4v) is 4.87. The molecule has 0 aliphatic heterocycles. The quantitative estimate of drug-likeness (QED) is 0.201. The number of hydrogen-bond acceptors (Lipinski definition) is 6. The van der Waals surface area contributed by atoms with Crippen LogP contribution in [-0.2, 0) is 25.5 Å². The molecule has 0 saturated heterocycles. The van der Waals surface area contributed by atoms with Crippen molar-refractivity contribution < 1.29 is 28.4 Å².